The fraction of sp³-hybridized carbons (Fsp3) is 0.500. The van der Waals surface area contributed by atoms with Crippen molar-refractivity contribution < 1.29 is 9.53 Å². The molecule has 1 aromatic rings. The van der Waals surface area contributed by atoms with Gasteiger partial charge in [0.25, 0.3) is 5.91 Å². The number of amides is 1. The second kappa shape index (κ2) is 7.90. The molecule has 1 N–H and O–H groups in total. The van der Waals surface area contributed by atoms with E-state index in [-0.39, 0.29) is 5.91 Å². The molecule has 1 amide bonds. The summed E-state index contributed by atoms with van der Waals surface area (Å²) < 4.78 is 5.89. The molecule has 1 rings (SSSR count). The van der Waals surface area contributed by atoms with Gasteiger partial charge < -0.3 is 10.1 Å². The molecule has 1 atom stereocenters. The summed E-state index contributed by atoms with van der Waals surface area (Å²) in [4.78, 5) is 12.4. The fourth-order valence-electron chi connectivity index (χ4n) is 1.70. The molecular weight excluding hydrogens is 374 g/mol. The number of hydrogen-bond donors (Lipinski definition) is 1. The minimum atomic E-state index is -0.0982. The van der Waals surface area contributed by atoms with Crippen molar-refractivity contribution in [1.82, 2.24) is 5.32 Å². The van der Waals surface area contributed by atoms with E-state index in [0.29, 0.717) is 28.6 Å². The Kier molecular flexibility index (Phi) is 6.86. The molecule has 0 saturated carbocycles. The molecular formula is C14H19Br2NO2. The van der Waals surface area contributed by atoms with Crippen LogP contribution in [0, 0.1) is 5.92 Å². The predicted molar refractivity (Wildman–Crippen MR) is 85.2 cm³/mol. The molecule has 0 aliphatic heterocycles. The lowest BCUT2D eigenvalue weighted by molar-refractivity contribution is 0.0952. The zero-order valence-electron chi connectivity index (χ0n) is 11.4. The maximum absolute atomic E-state index is 12.1. The van der Waals surface area contributed by atoms with Gasteiger partial charge in [0.15, 0.2) is 0 Å². The number of carbonyl (C=O) groups excluding carboxylic acids is 1. The van der Waals surface area contributed by atoms with E-state index in [2.05, 4.69) is 51.0 Å². The van der Waals surface area contributed by atoms with Gasteiger partial charge in [0.1, 0.15) is 5.75 Å². The van der Waals surface area contributed by atoms with Crippen LogP contribution in [0.3, 0.4) is 0 Å². The molecule has 0 aromatic heterocycles. The van der Waals surface area contributed by atoms with E-state index >= 15 is 0 Å². The van der Waals surface area contributed by atoms with Crippen LogP contribution < -0.4 is 10.1 Å². The molecule has 3 nitrogen and oxygen atoms in total. The van der Waals surface area contributed by atoms with E-state index in [4.69, 9.17) is 4.74 Å². The van der Waals surface area contributed by atoms with Crippen LogP contribution in [0.2, 0.25) is 0 Å². The normalized spacial score (nSPS) is 12.3. The highest BCUT2D eigenvalue weighted by Gasteiger charge is 2.13. The molecule has 106 valence electrons. The van der Waals surface area contributed by atoms with Crippen LogP contribution in [0.15, 0.2) is 22.7 Å². The molecule has 0 bridgehead atoms. The van der Waals surface area contributed by atoms with Gasteiger partial charge in [-0.2, -0.15) is 0 Å². The summed E-state index contributed by atoms with van der Waals surface area (Å²) in [6.45, 7) is 4.93. The molecule has 1 aromatic carbocycles. The van der Waals surface area contributed by atoms with Crippen LogP contribution in [0.1, 0.15) is 30.6 Å². The van der Waals surface area contributed by atoms with Crippen molar-refractivity contribution in [3.63, 3.8) is 0 Å². The van der Waals surface area contributed by atoms with E-state index in [0.717, 1.165) is 10.9 Å². The lowest BCUT2D eigenvalue weighted by Crippen LogP contribution is -2.30. The zero-order valence-corrected chi connectivity index (χ0v) is 14.5. The molecule has 5 heteroatoms. The molecule has 0 aliphatic rings. The first kappa shape index (κ1) is 16.5. The predicted octanol–water partition coefficient (Wildman–Crippen LogP) is 4.00. The number of methoxy groups -OCH3 is 1. The molecule has 0 fully saturated rings. The lowest BCUT2D eigenvalue weighted by atomic mass is 10.1. The van der Waals surface area contributed by atoms with Gasteiger partial charge in [-0.1, -0.05) is 29.8 Å². The Balaban J connectivity index is 2.63. The number of hydrogen-bond acceptors (Lipinski definition) is 2. The summed E-state index contributed by atoms with van der Waals surface area (Å²) in [5, 5.41) is 2.92. The molecule has 0 spiro atoms. The van der Waals surface area contributed by atoms with Crippen molar-refractivity contribution in [2.45, 2.75) is 25.1 Å². The van der Waals surface area contributed by atoms with Crippen LogP contribution in [0.25, 0.3) is 0 Å². The standard InChI is InChI=1S/C14H19Br2NO2/c1-9(2)6-10(15)8-17-14(18)12-7-11(19-3)4-5-13(12)16/h4-5,7,9-10H,6,8H2,1-3H3,(H,17,18). The molecule has 0 heterocycles. The van der Waals surface area contributed by atoms with Gasteiger partial charge >= 0.3 is 0 Å². The largest absolute Gasteiger partial charge is 0.497 e. The average Bonchev–Trinajstić information content (AvgIpc) is 2.35. The maximum atomic E-state index is 12.1. The van der Waals surface area contributed by atoms with Crippen molar-refractivity contribution in [3.8, 4) is 5.75 Å². The van der Waals surface area contributed by atoms with Gasteiger partial charge in [-0.05, 0) is 46.5 Å². The fourth-order valence-corrected chi connectivity index (χ4v) is 3.04. The molecule has 0 aliphatic carbocycles. The maximum Gasteiger partial charge on any atom is 0.252 e. The van der Waals surface area contributed by atoms with Crippen molar-refractivity contribution in [1.29, 1.82) is 0 Å². The number of benzene rings is 1. The highest BCUT2D eigenvalue weighted by Crippen LogP contribution is 2.22. The van der Waals surface area contributed by atoms with Crippen LogP contribution in [0.5, 0.6) is 5.75 Å². The van der Waals surface area contributed by atoms with Crippen LogP contribution >= 0.6 is 31.9 Å². The SMILES string of the molecule is COc1ccc(Br)c(C(=O)NCC(Br)CC(C)C)c1. The Morgan fingerprint density at radius 1 is 1.42 bits per heavy atom. The van der Waals surface area contributed by atoms with Crippen molar-refractivity contribution >= 4 is 37.8 Å². The summed E-state index contributed by atoms with van der Waals surface area (Å²) in [6.07, 6.45) is 1.03. The van der Waals surface area contributed by atoms with Gasteiger partial charge in [0.2, 0.25) is 0 Å². The van der Waals surface area contributed by atoms with Crippen LogP contribution in [-0.4, -0.2) is 24.4 Å². The lowest BCUT2D eigenvalue weighted by Gasteiger charge is -2.14. The van der Waals surface area contributed by atoms with Crippen molar-refractivity contribution in [3.05, 3.63) is 28.2 Å². The third-order valence-electron chi connectivity index (χ3n) is 2.63. The molecule has 19 heavy (non-hydrogen) atoms. The smallest absolute Gasteiger partial charge is 0.252 e. The highest BCUT2D eigenvalue weighted by molar-refractivity contribution is 9.10. The molecule has 1 unspecified atom stereocenters. The average molecular weight is 393 g/mol. The summed E-state index contributed by atoms with van der Waals surface area (Å²) >= 11 is 6.95. The number of rotatable bonds is 6. The molecule has 0 saturated heterocycles. The molecule has 0 radical (unpaired) electrons. The Morgan fingerprint density at radius 3 is 2.68 bits per heavy atom. The van der Waals surface area contributed by atoms with Gasteiger partial charge in [-0.15, -0.1) is 0 Å². The number of nitrogens with one attached hydrogen (secondary N) is 1. The Bertz CT molecular complexity index is 435. The third-order valence-corrected chi connectivity index (χ3v) is 4.02. The summed E-state index contributed by atoms with van der Waals surface area (Å²) in [5.74, 6) is 1.18. The van der Waals surface area contributed by atoms with Gasteiger partial charge in [0, 0.05) is 15.8 Å². The summed E-state index contributed by atoms with van der Waals surface area (Å²) in [5.41, 5.74) is 0.587. The second-order valence-electron chi connectivity index (χ2n) is 4.78. The number of halogens is 2. The first-order valence-corrected chi connectivity index (χ1v) is 7.90. The number of alkyl halides is 1. The quantitative estimate of drug-likeness (QED) is 0.743. The highest BCUT2D eigenvalue weighted by atomic mass is 79.9. The van der Waals surface area contributed by atoms with Crippen LogP contribution in [-0.2, 0) is 0 Å². The Morgan fingerprint density at radius 2 is 2.11 bits per heavy atom. The van der Waals surface area contributed by atoms with Gasteiger partial charge in [-0.3, -0.25) is 4.79 Å². The first-order chi connectivity index (χ1) is 8.93. The first-order valence-electron chi connectivity index (χ1n) is 6.19. The Labute approximate surface area is 131 Å². The topological polar surface area (TPSA) is 38.3 Å². The third kappa shape index (κ3) is 5.53. The monoisotopic (exact) mass is 391 g/mol. The van der Waals surface area contributed by atoms with Crippen molar-refractivity contribution in [2.75, 3.05) is 13.7 Å². The van der Waals surface area contributed by atoms with E-state index < -0.39 is 0 Å². The number of ether oxygens (including phenoxy) is 1. The van der Waals surface area contributed by atoms with E-state index in [1.807, 2.05) is 12.1 Å². The Hall–Kier alpha value is -0.550. The number of carbonyl (C=O) groups is 1. The minimum Gasteiger partial charge on any atom is -0.497 e. The van der Waals surface area contributed by atoms with E-state index in [1.54, 1.807) is 13.2 Å². The van der Waals surface area contributed by atoms with E-state index in [1.165, 1.54) is 0 Å². The summed E-state index contributed by atoms with van der Waals surface area (Å²) in [7, 11) is 1.59. The van der Waals surface area contributed by atoms with E-state index in [9.17, 15) is 4.79 Å². The summed E-state index contributed by atoms with van der Waals surface area (Å²) in [6, 6.07) is 5.35. The van der Waals surface area contributed by atoms with Gasteiger partial charge in [-0.25, -0.2) is 0 Å². The second-order valence-corrected chi connectivity index (χ2v) is 6.93. The van der Waals surface area contributed by atoms with Gasteiger partial charge in [0.05, 0.1) is 12.7 Å². The van der Waals surface area contributed by atoms with Crippen molar-refractivity contribution in [2.24, 2.45) is 5.92 Å². The zero-order chi connectivity index (χ0) is 14.4. The minimum absolute atomic E-state index is 0.0982. The van der Waals surface area contributed by atoms with Crippen LogP contribution in [0.4, 0.5) is 0 Å².